The van der Waals surface area contributed by atoms with E-state index in [1.54, 1.807) is 11.8 Å². The molecule has 1 unspecified atom stereocenters. The molecule has 0 aromatic heterocycles. The zero-order valence-corrected chi connectivity index (χ0v) is 9.57. The minimum atomic E-state index is -0.0433. The molecule has 5 heteroatoms. The van der Waals surface area contributed by atoms with Crippen LogP contribution < -0.4 is 5.32 Å². The molecule has 2 fully saturated rings. The topological polar surface area (TPSA) is 58.6 Å². The average molecular weight is 226 g/mol. The lowest BCUT2D eigenvalue weighted by atomic mass is 9.96. The van der Waals surface area contributed by atoms with E-state index in [-0.39, 0.29) is 23.8 Å². The van der Waals surface area contributed by atoms with Crippen molar-refractivity contribution < 1.29 is 14.3 Å². The normalized spacial score (nSPS) is 26.1. The molecule has 2 saturated heterocycles. The summed E-state index contributed by atoms with van der Waals surface area (Å²) >= 11 is 0. The van der Waals surface area contributed by atoms with Gasteiger partial charge in [0, 0.05) is 20.0 Å². The lowest BCUT2D eigenvalue weighted by Crippen LogP contribution is -2.53. The third-order valence-corrected chi connectivity index (χ3v) is 3.22. The van der Waals surface area contributed by atoms with E-state index in [2.05, 4.69) is 5.32 Å². The number of amides is 2. The fourth-order valence-electron chi connectivity index (χ4n) is 2.12. The molecule has 1 atom stereocenters. The van der Waals surface area contributed by atoms with Crippen LogP contribution in [0.5, 0.6) is 0 Å². The molecule has 0 bridgehead atoms. The van der Waals surface area contributed by atoms with E-state index < -0.39 is 0 Å². The van der Waals surface area contributed by atoms with Crippen LogP contribution in [0.15, 0.2) is 0 Å². The van der Waals surface area contributed by atoms with Crippen molar-refractivity contribution in [3.8, 4) is 0 Å². The summed E-state index contributed by atoms with van der Waals surface area (Å²) in [5, 5.41) is 2.94. The monoisotopic (exact) mass is 226 g/mol. The van der Waals surface area contributed by atoms with Crippen molar-refractivity contribution in [2.24, 2.45) is 5.92 Å². The van der Waals surface area contributed by atoms with Gasteiger partial charge in [-0.25, -0.2) is 0 Å². The standard InChI is InChI=1S/C11H18N2O3/c1-8(14)13-4-2-3-9(5-13)11(15)12-10-6-16-7-10/h9-10H,2-7H2,1H3,(H,12,15). The van der Waals surface area contributed by atoms with Crippen LogP contribution in [-0.2, 0) is 14.3 Å². The first-order valence-electron chi connectivity index (χ1n) is 5.80. The lowest BCUT2D eigenvalue weighted by molar-refractivity contribution is -0.135. The molecule has 2 heterocycles. The van der Waals surface area contributed by atoms with Crippen molar-refractivity contribution in [2.45, 2.75) is 25.8 Å². The molecular formula is C11H18N2O3. The Labute approximate surface area is 95.1 Å². The van der Waals surface area contributed by atoms with E-state index in [0.29, 0.717) is 19.8 Å². The van der Waals surface area contributed by atoms with Gasteiger partial charge in [0.15, 0.2) is 0 Å². The van der Waals surface area contributed by atoms with Gasteiger partial charge >= 0.3 is 0 Å². The first kappa shape index (κ1) is 11.4. The Morgan fingerprint density at radius 1 is 1.38 bits per heavy atom. The summed E-state index contributed by atoms with van der Waals surface area (Å²) in [7, 11) is 0. The zero-order chi connectivity index (χ0) is 11.5. The van der Waals surface area contributed by atoms with Gasteiger partial charge in [0.1, 0.15) is 0 Å². The van der Waals surface area contributed by atoms with Gasteiger partial charge < -0.3 is 15.0 Å². The first-order chi connectivity index (χ1) is 7.66. The molecule has 2 amide bonds. The third-order valence-electron chi connectivity index (χ3n) is 3.22. The minimum absolute atomic E-state index is 0.0433. The highest BCUT2D eigenvalue weighted by Crippen LogP contribution is 2.17. The number of piperidine rings is 1. The van der Waals surface area contributed by atoms with Crippen LogP contribution in [0.25, 0.3) is 0 Å². The van der Waals surface area contributed by atoms with Crippen LogP contribution in [0, 0.1) is 5.92 Å². The van der Waals surface area contributed by atoms with Gasteiger partial charge in [-0.2, -0.15) is 0 Å². The molecule has 1 N–H and O–H groups in total. The number of carbonyl (C=O) groups excluding carboxylic acids is 2. The van der Waals surface area contributed by atoms with Gasteiger partial charge in [0.05, 0.1) is 25.2 Å². The Morgan fingerprint density at radius 2 is 2.12 bits per heavy atom. The van der Waals surface area contributed by atoms with Crippen LogP contribution in [0.1, 0.15) is 19.8 Å². The van der Waals surface area contributed by atoms with Gasteiger partial charge in [-0.3, -0.25) is 9.59 Å². The molecule has 0 saturated carbocycles. The number of hydrogen-bond donors (Lipinski definition) is 1. The number of nitrogens with zero attached hydrogens (tertiary/aromatic N) is 1. The van der Waals surface area contributed by atoms with Gasteiger partial charge in [-0.1, -0.05) is 0 Å². The van der Waals surface area contributed by atoms with Crippen LogP contribution in [0.2, 0.25) is 0 Å². The number of ether oxygens (including phenoxy) is 1. The lowest BCUT2D eigenvalue weighted by Gasteiger charge is -2.33. The van der Waals surface area contributed by atoms with E-state index in [0.717, 1.165) is 19.4 Å². The number of nitrogens with one attached hydrogen (secondary N) is 1. The number of carbonyl (C=O) groups is 2. The Hall–Kier alpha value is -1.10. The zero-order valence-electron chi connectivity index (χ0n) is 9.57. The summed E-state index contributed by atoms with van der Waals surface area (Å²) in [6.07, 6.45) is 1.79. The maximum Gasteiger partial charge on any atom is 0.225 e. The summed E-state index contributed by atoms with van der Waals surface area (Å²) in [6.45, 7) is 4.14. The Morgan fingerprint density at radius 3 is 2.69 bits per heavy atom. The smallest absolute Gasteiger partial charge is 0.225 e. The van der Waals surface area contributed by atoms with Crippen molar-refractivity contribution in [2.75, 3.05) is 26.3 Å². The number of likely N-dealkylation sites (tertiary alicyclic amines) is 1. The van der Waals surface area contributed by atoms with E-state index in [1.165, 1.54) is 0 Å². The van der Waals surface area contributed by atoms with Gasteiger partial charge in [-0.15, -0.1) is 0 Å². The van der Waals surface area contributed by atoms with Crippen LogP contribution in [0.4, 0.5) is 0 Å². The van der Waals surface area contributed by atoms with Crippen LogP contribution >= 0.6 is 0 Å². The van der Waals surface area contributed by atoms with E-state index in [9.17, 15) is 9.59 Å². The summed E-state index contributed by atoms with van der Waals surface area (Å²) in [5.74, 6) is 0.0852. The maximum absolute atomic E-state index is 11.9. The summed E-state index contributed by atoms with van der Waals surface area (Å²) in [5.41, 5.74) is 0. The average Bonchev–Trinajstić information content (AvgIpc) is 2.23. The SMILES string of the molecule is CC(=O)N1CCCC(C(=O)NC2COC2)C1. The molecule has 0 aromatic carbocycles. The Balaban J connectivity index is 1.83. The first-order valence-corrected chi connectivity index (χ1v) is 5.80. The van der Waals surface area contributed by atoms with Crippen LogP contribution in [0.3, 0.4) is 0 Å². The highest BCUT2D eigenvalue weighted by molar-refractivity contribution is 5.81. The molecule has 0 radical (unpaired) electrons. The quantitative estimate of drug-likeness (QED) is 0.707. The minimum Gasteiger partial charge on any atom is -0.377 e. The molecule has 16 heavy (non-hydrogen) atoms. The fourth-order valence-corrected chi connectivity index (χ4v) is 2.12. The molecule has 2 aliphatic heterocycles. The summed E-state index contributed by atoms with van der Waals surface area (Å²) in [4.78, 5) is 24.9. The molecule has 2 rings (SSSR count). The van der Waals surface area contributed by atoms with Crippen molar-refractivity contribution in [1.29, 1.82) is 0 Å². The van der Waals surface area contributed by atoms with Crippen LogP contribution in [-0.4, -0.2) is 49.1 Å². The Bertz CT molecular complexity index is 289. The third kappa shape index (κ3) is 2.52. The fraction of sp³-hybridized carbons (Fsp3) is 0.818. The molecule has 2 aliphatic rings. The van der Waals surface area contributed by atoms with E-state index >= 15 is 0 Å². The van der Waals surface area contributed by atoms with Gasteiger partial charge in [-0.05, 0) is 12.8 Å². The molecule has 0 aromatic rings. The summed E-state index contributed by atoms with van der Waals surface area (Å²) in [6, 6.07) is 0.181. The van der Waals surface area contributed by atoms with Gasteiger partial charge in [0.25, 0.3) is 0 Å². The highest BCUT2D eigenvalue weighted by atomic mass is 16.5. The van der Waals surface area contributed by atoms with E-state index in [1.807, 2.05) is 0 Å². The van der Waals surface area contributed by atoms with Gasteiger partial charge in [0.2, 0.25) is 11.8 Å². The summed E-state index contributed by atoms with van der Waals surface area (Å²) < 4.78 is 5.00. The van der Waals surface area contributed by atoms with Crippen molar-refractivity contribution in [3.63, 3.8) is 0 Å². The Kier molecular flexibility index (Phi) is 3.43. The maximum atomic E-state index is 11.9. The highest BCUT2D eigenvalue weighted by Gasteiger charge is 2.29. The molecular weight excluding hydrogens is 208 g/mol. The molecule has 90 valence electrons. The second-order valence-electron chi connectivity index (χ2n) is 4.55. The second kappa shape index (κ2) is 4.82. The molecule has 0 spiro atoms. The molecule has 5 nitrogen and oxygen atoms in total. The number of rotatable bonds is 2. The largest absolute Gasteiger partial charge is 0.377 e. The van der Waals surface area contributed by atoms with Crippen molar-refractivity contribution >= 4 is 11.8 Å². The van der Waals surface area contributed by atoms with E-state index in [4.69, 9.17) is 4.74 Å². The predicted molar refractivity (Wildman–Crippen MR) is 57.7 cm³/mol. The predicted octanol–water partition coefficient (Wildman–Crippen LogP) is -0.240. The second-order valence-corrected chi connectivity index (χ2v) is 4.55. The van der Waals surface area contributed by atoms with Crippen molar-refractivity contribution in [1.82, 2.24) is 10.2 Å². The molecule has 0 aliphatic carbocycles. The number of hydrogen-bond acceptors (Lipinski definition) is 3. The van der Waals surface area contributed by atoms with Crippen molar-refractivity contribution in [3.05, 3.63) is 0 Å².